The number of carbonyl (C=O) groups is 1. The van der Waals surface area contributed by atoms with Gasteiger partial charge in [-0.25, -0.2) is 4.98 Å². The average Bonchev–Trinajstić information content (AvgIpc) is 3.48. The first-order valence-corrected chi connectivity index (χ1v) is 15.0. The molecule has 2 fully saturated rings. The highest BCUT2D eigenvalue weighted by Gasteiger charge is 2.29. The number of piperidine rings is 1. The molecule has 3 N–H and O–H groups in total. The van der Waals surface area contributed by atoms with Crippen molar-refractivity contribution >= 4 is 5.97 Å². The van der Waals surface area contributed by atoms with Gasteiger partial charge in [-0.05, 0) is 76.9 Å². The Labute approximate surface area is 234 Å². The third kappa shape index (κ3) is 8.61. The number of allylic oxidation sites excluding steroid dienone is 3. The minimum atomic E-state index is -0.672. The van der Waals surface area contributed by atoms with Gasteiger partial charge in [-0.15, -0.1) is 0 Å². The van der Waals surface area contributed by atoms with Crippen LogP contribution in [0.1, 0.15) is 82.9 Å². The van der Waals surface area contributed by atoms with Gasteiger partial charge in [-0.1, -0.05) is 80.3 Å². The number of nitrogens with one attached hydrogen (secondary N) is 2. The summed E-state index contributed by atoms with van der Waals surface area (Å²) in [5, 5.41) is 20.3. The van der Waals surface area contributed by atoms with Crippen LogP contribution in [0.5, 0.6) is 0 Å². The van der Waals surface area contributed by atoms with Gasteiger partial charge >= 0.3 is 5.97 Å². The maximum absolute atomic E-state index is 11.6. The van der Waals surface area contributed by atoms with E-state index in [0.717, 1.165) is 69.0 Å². The second-order valence-electron chi connectivity index (χ2n) is 11.4. The summed E-state index contributed by atoms with van der Waals surface area (Å²) in [6.45, 7) is 5.28. The fourth-order valence-electron chi connectivity index (χ4n) is 6.15. The number of aliphatic carboxylic acids is 1. The minimum Gasteiger partial charge on any atom is -0.480 e. The van der Waals surface area contributed by atoms with Crippen LogP contribution >= 0.6 is 0 Å². The second-order valence-corrected chi connectivity index (χ2v) is 11.4. The van der Waals surface area contributed by atoms with Crippen molar-refractivity contribution in [2.45, 2.75) is 83.1 Å². The van der Waals surface area contributed by atoms with Gasteiger partial charge in [0, 0.05) is 18.0 Å². The summed E-state index contributed by atoms with van der Waals surface area (Å²) in [6, 6.07) is 9.76. The molecule has 2 atom stereocenters. The van der Waals surface area contributed by atoms with Crippen molar-refractivity contribution in [3.8, 4) is 11.4 Å². The predicted molar refractivity (Wildman–Crippen MR) is 158 cm³/mol. The van der Waals surface area contributed by atoms with Gasteiger partial charge in [-0.2, -0.15) is 5.10 Å². The van der Waals surface area contributed by atoms with Gasteiger partial charge < -0.3 is 15.3 Å². The molecule has 0 amide bonds. The zero-order valence-corrected chi connectivity index (χ0v) is 23.8. The molecule has 1 saturated heterocycles. The molecule has 1 aromatic carbocycles. The van der Waals surface area contributed by atoms with Crippen LogP contribution in [0.4, 0.5) is 0 Å². The summed E-state index contributed by atoms with van der Waals surface area (Å²) in [6.07, 6.45) is 18.0. The van der Waals surface area contributed by atoms with Crippen LogP contribution in [-0.2, 0) is 4.79 Å². The lowest BCUT2D eigenvalue weighted by molar-refractivity contribution is -0.141. The van der Waals surface area contributed by atoms with Crippen LogP contribution in [-0.4, -0.2) is 63.9 Å². The Morgan fingerprint density at radius 2 is 1.87 bits per heavy atom. The molecule has 2 aromatic rings. The number of carboxylic acids is 1. The third-order valence-corrected chi connectivity index (χ3v) is 8.67. The van der Waals surface area contributed by atoms with Crippen LogP contribution in [0.15, 0.2) is 54.1 Å². The third-order valence-electron chi connectivity index (χ3n) is 8.67. The molecule has 1 saturated carbocycles. The molecule has 2 unspecified atom stereocenters. The predicted octanol–water partition coefficient (Wildman–Crippen LogP) is 6.19. The number of benzene rings is 1. The highest BCUT2D eigenvalue weighted by atomic mass is 16.4. The summed E-state index contributed by atoms with van der Waals surface area (Å²) in [7, 11) is 2.17. The normalized spacial score (nSPS) is 20.5. The van der Waals surface area contributed by atoms with Crippen molar-refractivity contribution in [1.82, 2.24) is 25.4 Å². The molecule has 2 aliphatic carbocycles. The molecular weight excluding hydrogens is 486 g/mol. The summed E-state index contributed by atoms with van der Waals surface area (Å²) in [5.74, 6) is 2.50. The quantitative estimate of drug-likeness (QED) is 0.356. The molecule has 0 spiro atoms. The Morgan fingerprint density at radius 3 is 2.51 bits per heavy atom. The topological polar surface area (TPSA) is 94.1 Å². The lowest BCUT2D eigenvalue weighted by Crippen LogP contribution is -2.45. The van der Waals surface area contributed by atoms with E-state index in [0.29, 0.717) is 17.8 Å². The molecule has 7 heteroatoms. The first-order chi connectivity index (χ1) is 19.0. The molecule has 39 heavy (non-hydrogen) atoms. The lowest BCUT2D eigenvalue weighted by atomic mass is 9.83. The van der Waals surface area contributed by atoms with Crippen molar-refractivity contribution in [1.29, 1.82) is 0 Å². The van der Waals surface area contributed by atoms with Gasteiger partial charge in [0.15, 0.2) is 5.82 Å². The van der Waals surface area contributed by atoms with E-state index in [4.69, 9.17) is 0 Å². The van der Waals surface area contributed by atoms with Gasteiger partial charge in [0.05, 0.1) is 0 Å². The van der Waals surface area contributed by atoms with E-state index in [2.05, 4.69) is 57.6 Å². The number of H-pyrrole nitrogens is 1. The molecule has 212 valence electrons. The van der Waals surface area contributed by atoms with Gasteiger partial charge in [0.25, 0.3) is 0 Å². The van der Waals surface area contributed by atoms with Crippen LogP contribution in [0.2, 0.25) is 0 Å². The van der Waals surface area contributed by atoms with E-state index >= 15 is 0 Å². The number of likely N-dealkylation sites (tertiary alicyclic amines) is 1. The maximum atomic E-state index is 11.6. The Balaban J connectivity index is 0.000000183. The average molecular weight is 534 g/mol. The van der Waals surface area contributed by atoms with Gasteiger partial charge in [-0.3, -0.25) is 9.89 Å². The molecule has 3 aliphatic rings. The van der Waals surface area contributed by atoms with Crippen molar-refractivity contribution in [3.63, 3.8) is 0 Å². The SMILES string of the molecule is CCC(CNC(C(=O)O)C1CCCCC1)C1=CC=CCC1.CN1CCC(c2nc(-c3ccccc3)n[nH]2)CC1. The molecular formula is C32H47N5O2. The van der Waals surface area contributed by atoms with Crippen LogP contribution in [0, 0.1) is 11.8 Å². The summed E-state index contributed by atoms with van der Waals surface area (Å²) < 4.78 is 0. The Morgan fingerprint density at radius 1 is 1.13 bits per heavy atom. The molecule has 0 radical (unpaired) electrons. The van der Waals surface area contributed by atoms with Crippen molar-refractivity contribution in [3.05, 3.63) is 60.0 Å². The molecule has 0 bridgehead atoms. The zero-order chi connectivity index (χ0) is 27.5. The lowest BCUT2D eigenvalue weighted by Gasteiger charge is -2.30. The number of rotatable bonds is 9. The number of nitrogens with zero attached hydrogens (tertiary/aromatic N) is 3. The standard InChI is InChI=1S/C18H29NO2.C14H18N4/c1-2-14(15-9-5-3-6-10-15)13-19-17(18(20)21)16-11-7-4-8-12-16;1-18-9-7-12(8-10-18)14-15-13(16-17-14)11-5-3-2-4-6-11/h3,5,9,14,16-17,19H,2,4,6-8,10-13H2,1H3,(H,20,21);2-6,12H,7-10H2,1H3,(H,15,16,17). The molecule has 1 aliphatic heterocycles. The molecule has 2 heterocycles. The molecule has 7 nitrogen and oxygen atoms in total. The van der Waals surface area contributed by atoms with E-state index in [1.807, 2.05) is 30.3 Å². The highest BCUT2D eigenvalue weighted by molar-refractivity contribution is 5.73. The molecule has 5 rings (SSSR count). The van der Waals surface area contributed by atoms with Crippen molar-refractivity contribution < 1.29 is 9.90 Å². The van der Waals surface area contributed by atoms with Crippen LogP contribution in [0.25, 0.3) is 11.4 Å². The smallest absolute Gasteiger partial charge is 0.320 e. The number of carboxylic acid groups (broad SMARTS) is 1. The van der Waals surface area contributed by atoms with E-state index in [9.17, 15) is 9.90 Å². The Bertz CT molecular complexity index is 1070. The fourth-order valence-corrected chi connectivity index (χ4v) is 6.15. The Hall–Kier alpha value is -2.77. The minimum absolute atomic E-state index is 0.314. The maximum Gasteiger partial charge on any atom is 0.320 e. The van der Waals surface area contributed by atoms with Crippen LogP contribution < -0.4 is 5.32 Å². The highest BCUT2D eigenvalue weighted by Crippen LogP contribution is 2.28. The largest absolute Gasteiger partial charge is 0.480 e. The number of hydrogen-bond acceptors (Lipinski definition) is 5. The number of aromatic amines is 1. The second kappa shape index (κ2) is 15.1. The monoisotopic (exact) mass is 533 g/mol. The Kier molecular flexibility index (Phi) is 11.3. The first kappa shape index (κ1) is 29.2. The molecule has 1 aromatic heterocycles. The van der Waals surface area contributed by atoms with Crippen molar-refractivity contribution in [2.75, 3.05) is 26.7 Å². The zero-order valence-electron chi connectivity index (χ0n) is 23.8. The van der Waals surface area contributed by atoms with Gasteiger partial charge in [0.2, 0.25) is 0 Å². The summed E-state index contributed by atoms with van der Waals surface area (Å²) >= 11 is 0. The number of aromatic nitrogens is 3. The van der Waals surface area contributed by atoms with Gasteiger partial charge in [0.1, 0.15) is 11.9 Å². The van der Waals surface area contributed by atoms with Crippen LogP contribution in [0.3, 0.4) is 0 Å². The fraction of sp³-hybridized carbons (Fsp3) is 0.594. The van der Waals surface area contributed by atoms with E-state index in [1.165, 1.54) is 37.7 Å². The van der Waals surface area contributed by atoms with E-state index in [1.54, 1.807) is 0 Å². The summed E-state index contributed by atoms with van der Waals surface area (Å²) in [4.78, 5) is 18.6. The first-order valence-electron chi connectivity index (χ1n) is 15.0. The number of hydrogen-bond donors (Lipinski definition) is 3. The summed E-state index contributed by atoms with van der Waals surface area (Å²) in [5.41, 5.74) is 2.55. The van der Waals surface area contributed by atoms with E-state index in [-0.39, 0.29) is 6.04 Å². The van der Waals surface area contributed by atoms with Crippen molar-refractivity contribution in [2.24, 2.45) is 11.8 Å². The van der Waals surface area contributed by atoms with E-state index < -0.39 is 5.97 Å².